The molecule has 1 saturated heterocycles. The third-order valence-corrected chi connectivity index (χ3v) is 4.50. The molecule has 0 spiro atoms. The normalized spacial score (nSPS) is 20.1. The zero-order chi connectivity index (χ0) is 12.8. The van der Waals surface area contributed by atoms with E-state index >= 15 is 0 Å². The lowest BCUT2D eigenvalue weighted by Gasteiger charge is -2.47. The van der Waals surface area contributed by atoms with Gasteiger partial charge in [0, 0.05) is 31.0 Å². The van der Waals surface area contributed by atoms with E-state index in [-0.39, 0.29) is 0 Å². The van der Waals surface area contributed by atoms with Crippen LogP contribution in [0.15, 0.2) is 18.2 Å². The van der Waals surface area contributed by atoms with Gasteiger partial charge in [-0.15, -0.1) is 0 Å². The van der Waals surface area contributed by atoms with Gasteiger partial charge in [0.15, 0.2) is 0 Å². The molecule has 0 atom stereocenters. The first-order valence-corrected chi connectivity index (χ1v) is 7.16. The average molecular weight is 244 g/mol. The summed E-state index contributed by atoms with van der Waals surface area (Å²) in [4.78, 5) is 2.51. The topological polar surface area (TPSA) is 15.3 Å². The van der Waals surface area contributed by atoms with Crippen molar-refractivity contribution in [3.8, 4) is 0 Å². The van der Waals surface area contributed by atoms with Gasteiger partial charge in [-0.1, -0.05) is 26.8 Å². The molecule has 0 radical (unpaired) electrons. The smallest absolute Gasteiger partial charge is 0.0393 e. The van der Waals surface area contributed by atoms with Gasteiger partial charge in [0.25, 0.3) is 0 Å². The molecule has 0 unspecified atom stereocenters. The minimum Gasteiger partial charge on any atom is -0.385 e. The van der Waals surface area contributed by atoms with Crippen LogP contribution < -0.4 is 10.2 Å². The highest BCUT2D eigenvalue weighted by molar-refractivity contribution is 5.64. The second-order valence-corrected chi connectivity index (χ2v) is 6.84. The average Bonchev–Trinajstić information content (AvgIpc) is 2.25. The fourth-order valence-electron chi connectivity index (χ4n) is 2.88. The second kappa shape index (κ2) is 4.18. The number of benzene rings is 1. The number of fused-ring (bicyclic) bond motifs is 1. The Bertz CT molecular complexity index is 439. The Morgan fingerprint density at radius 3 is 2.72 bits per heavy atom. The summed E-state index contributed by atoms with van der Waals surface area (Å²) in [7, 11) is 0. The molecule has 0 bridgehead atoms. The SMILES string of the molecule is CC(C)(C)C1CN(c2ccc3c(c2)NCCC3)C1. The highest BCUT2D eigenvalue weighted by Gasteiger charge is 2.35. The van der Waals surface area contributed by atoms with Crippen LogP contribution in [0.25, 0.3) is 0 Å². The van der Waals surface area contributed by atoms with Gasteiger partial charge in [0.2, 0.25) is 0 Å². The summed E-state index contributed by atoms with van der Waals surface area (Å²) in [6.07, 6.45) is 2.50. The van der Waals surface area contributed by atoms with Crippen LogP contribution >= 0.6 is 0 Å². The van der Waals surface area contributed by atoms with E-state index in [1.165, 1.54) is 42.9 Å². The Kier molecular flexibility index (Phi) is 2.76. The number of aryl methyl sites for hydroxylation is 1. The lowest BCUT2D eigenvalue weighted by molar-refractivity contribution is 0.195. The van der Waals surface area contributed by atoms with Gasteiger partial charge in [-0.3, -0.25) is 0 Å². The summed E-state index contributed by atoms with van der Waals surface area (Å²) in [6.45, 7) is 10.6. The highest BCUT2D eigenvalue weighted by atomic mass is 15.2. The van der Waals surface area contributed by atoms with Crippen LogP contribution in [0.3, 0.4) is 0 Å². The fraction of sp³-hybridized carbons (Fsp3) is 0.625. The molecule has 0 saturated carbocycles. The van der Waals surface area contributed by atoms with Crippen molar-refractivity contribution in [3.63, 3.8) is 0 Å². The standard InChI is InChI=1S/C16H24N2/c1-16(2,3)13-10-18(11-13)14-7-6-12-5-4-8-17-15(12)9-14/h6-7,9,13,17H,4-5,8,10-11H2,1-3H3. The van der Waals surface area contributed by atoms with E-state index in [4.69, 9.17) is 0 Å². The lowest BCUT2D eigenvalue weighted by atomic mass is 9.76. The zero-order valence-corrected chi connectivity index (χ0v) is 11.8. The van der Waals surface area contributed by atoms with Crippen molar-refractivity contribution in [1.29, 1.82) is 0 Å². The van der Waals surface area contributed by atoms with Gasteiger partial charge in [0.05, 0.1) is 0 Å². The Balaban J connectivity index is 1.72. The van der Waals surface area contributed by atoms with Gasteiger partial charge in [-0.05, 0) is 41.9 Å². The molecule has 0 aromatic heterocycles. The van der Waals surface area contributed by atoms with Crippen LogP contribution in [-0.4, -0.2) is 19.6 Å². The summed E-state index contributed by atoms with van der Waals surface area (Å²) in [5.74, 6) is 0.835. The molecule has 1 aromatic rings. The van der Waals surface area contributed by atoms with Crippen molar-refractivity contribution < 1.29 is 0 Å². The highest BCUT2D eigenvalue weighted by Crippen LogP contribution is 2.37. The molecular formula is C16H24N2. The molecule has 18 heavy (non-hydrogen) atoms. The molecule has 2 heterocycles. The first-order valence-electron chi connectivity index (χ1n) is 7.16. The van der Waals surface area contributed by atoms with Gasteiger partial charge in [0.1, 0.15) is 0 Å². The maximum Gasteiger partial charge on any atom is 0.0393 e. The van der Waals surface area contributed by atoms with E-state index in [2.05, 4.69) is 49.2 Å². The van der Waals surface area contributed by atoms with Crippen LogP contribution in [0.2, 0.25) is 0 Å². The quantitative estimate of drug-likeness (QED) is 0.813. The number of hydrogen-bond acceptors (Lipinski definition) is 2. The van der Waals surface area contributed by atoms with E-state index < -0.39 is 0 Å². The third kappa shape index (κ3) is 2.09. The lowest BCUT2D eigenvalue weighted by Crippen LogP contribution is -2.52. The zero-order valence-electron chi connectivity index (χ0n) is 11.8. The number of nitrogens with zero attached hydrogens (tertiary/aromatic N) is 1. The van der Waals surface area contributed by atoms with Crippen LogP contribution in [0, 0.1) is 11.3 Å². The molecule has 2 nitrogen and oxygen atoms in total. The second-order valence-electron chi connectivity index (χ2n) is 6.84. The maximum atomic E-state index is 3.52. The summed E-state index contributed by atoms with van der Waals surface area (Å²) >= 11 is 0. The first kappa shape index (κ1) is 11.9. The van der Waals surface area contributed by atoms with Gasteiger partial charge < -0.3 is 10.2 Å². The molecule has 2 heteroatoms. The number of rotatable bonds is 1. The largest absolute Gasteiger partial charge is 0.385 e. The summed E-state index contributed by atoms with van der Waals surface area (Å²) in [6, 6.07) is 6.94. The van der Waals surface area contributed by atoms with Crippen molar-refractivity contribution in [2.45, 2.75) is 33.6 Å². The van der Waals surface area contributed by atoms with Crippen molar-refractivity contribution in [1.82, 2.24) is 0 Å². The van der Waals surface area contributed by atoms with E-state index in [0.717, 1.165) is 12.5 Å². The minimum absolute atomic E-state index is 0.447. The third-order valence-electron chi connectivity index (χ3n) is 4.50. The predicted octanol–water partition coefficient (Wildman–Crippen LogP) is 3.53. The van der Waals surface area contributed by atoms with E-state index in [1.807, 2.05) is 0 Å². The Morgan fingerprint density at radius 2 is 2.00 bits per heavy atom. The van der Waals surface area contributed by atoms with Crippen molar-refractivity contribution in [2.75, 3.05) is 29.9 Å². The van der Waals surface area contributed by atoms with E-state index in [1.54, 1.807) is 0 Å². The number of anilines is 2. The summed E-state index contributed by atoms with van der Waals surface area (Å²) in [5.41, 5.74) is 4.68. The number of nitrogens with one attached hydrogen (secondary N) is 1. The van der Waals surface area contributed by atoms with Crippen molar-refractivity contribution >= 4 is 11.4 Å². The van der Waals surface area contributed by atoms with Crippen molar-refractivity contribution in [2.24, 2.45) is 11.3 Å². The Morgan fingerprint density at radius 1 is 1.22 bits per heavy atom. The molecule has 2 aliphatic rings. The molecule has 98 valence electrons. The molecule has 2 aliphatic heterocycles. The van der Waals surface area contributed by atoms with Gasteiger partial charge >= 0.3 is 0 Å². The predicted molar refractivity (Wildman–Crippen MR) is 78.4 cm³/mol. The van der Waals surface area contributed by atoms with E-state index in [9.17, 15) is 0 Å². The van der Waals surface area contributed by atoms with Gasteiger partial charge in [-0.25, -0.2) is 0 Å². The Labute approximate surface area is 110 Å². The molecular weight excluding hydrogens is 220 g/mol. The van der Waals surface area contributed by atoms with Gasteiger partial charge in [-0.2, -0.15) is 0 Å². The molecule has 1 fully saturated rings. The van der Waals surface area contributed by atoms with Crippen LogP contribution in [0.5, 0.6) is 0 Å². The number of hydrogen-bond donors (Lipinski definition) is 1. The molecule has 1 N–H and O–H groups in total. The van der Waals surface area contributed by atoms with Crippen LogP contribution in [0.4, 0.5) is 11.4 Å². The van der Waals surface area contributed by atoms with Crippen LogP contribution in [-0.2, 0) is 6.42 Å². The summed E-state index contributed by atoms with van der Waals surface area (Å²) in [5, 5.41) is 3.52. The minimum atomic E-state index is 0.447. The monoisotopic (exact) mass is 244 g/mol. The summed E-state index contributed by atoms with van der Waals surface area (Å²) < 4.78 is 0. The molecule has 0 aliphatic carbocycles. The molecule has 0 amide bonds. The molecule has 3 rings (SSSR count). The first-order chi connectivity index (χ1) is 8.54. The molecule has 1 aromatic carbocycles. The maximum absolute atomic E-state index is 3.52. The fourth-order valence-corrected chi connectivity index (χ4v) is 2.88. The van der Waals surface area contributed by atoms with E-state index in [0.29, 0.717) is 5.41 Å². The van der Waals surface area contributed by atoms with Crippen molar-refractivity contribution in [3.05, 3.63) is 23.8 Å². The van der Waals surface area contributed by atoms with Crippen LogP contribution in [0.1, 0.15) is 32.8 Å². The Hall–Kier alpha value is -1.18.